The second-order valence-electron chi connectivity index (χ2n) is 8.25. The molecule has 0 bridgehead atoms. The number of carbonyl (C=O) groups excluding carboxylic acids is 2. The number of carbonyl (C=O) groups is 3. The number of rotatable bonds is 13. The molecule has 1 fully saturated rings. The lowest BCUT2D eigenvalue weighted by molar-refractivity contribution is -0.137. The van der Waals surface area contributed by atoms with Crippen molar-refractivity contribution in [2.75, 3.05) is 0 Å². The van der Waals surface area contributed by atoms with Gasteiger partial charge in [-0.15, -0.1) is 0 Å². The fourth-order valence-electron chi connectivity index (χ4n) is 4.25. The van der Waals surface area contributed by atoms with Crippen LogP contribution in [0.5, 0.6) is 0 Å². The highest BCUT2D eigenvalue weighted by Gasteiger charge is 2.41. The van der Waals surface area contributed by atoms with Crippen LogP contribution in [-0.4, -0.2) is 27.7 Å². The smallest absolute Gasteiger partial charge is 0.303 e. The first-order valence-corrected chi connectivity index (χ1v) is 11.0. The van der Waals surface area contributed by atoms with Crippen LogP contribution in [0.15, 0.2) is 24.3 Å². The normalized spacial score (nSPS) is 20.2. The SMILES string of the molecule is CCCCCC(O)c1ccc(C2C(=O)C(=O)C[C@@H]2CCCCCCC(=O)O)cc1. The van der Waals surface area contributed by atoms with E-state index in [0.29, 0.717) is 12.8 Å². The van der Waals surface area contributed by atoms with Crippen LogP contribution in [-0.2, 0) is 14.4 Å². The second kappa shape index (κ2) is 11.9. The molecule has 1 aliphatic rings. The number of aliphatic hydroxyl groups is 1. The average molecular weight is 403 g/mol. The third-order valence-corrected chi connectivity index (χ3v) is 5.95. The molecule has 1 aliphatic carbocycles. The van der Waals surface area contributed by atoms with Crippen LogP contribution in [0.2, 0.25) is 0 Å². The Morgan fingerprint density at radius 3 is 2.38 bits per heavy atom. The Kier molecular flexibility index (Phi) is 9.52. The lowest BCUT2D eigenvalue weighted by atomic mass is 9.84. The van der Waals surface area contributed by atoms with Gasteiger partial charge in [0.2, 0.25) is 5.78 Å². The minimum absolute atomic E-state index is 0.0230. The molecule has 0 saturated heterocycles. The minimum atomic E-state index is -0.768. The topological polar surface area (TPSA) is 91.7 Å². The van der Waals surface area contributed by atoms with Crippen LogP contribution in [0.4, 0.5) is 0 Å². The molecule has 0 heterocycles. The molecule has 0 aliphatic heterocycles. The van der Waals surface area contributed by atoms with Gasteiger partial charge in [-0.05, 0) is 36.3 Å². The van der Waals surface area contributed by atoms with Gasteiger partial charge in [-0.2, -0.15) is 0 Å². The lowest BCUT2D eigenvalue weighted by Crippen LogP contribution is -2.15. The molecule has 5 nitrogen and oxygen atoms in total. The Labute approximate surface area is 173 Å². The summed E-state index contributed by atoms with van der Waals surface area (Å²) in [4.78, 5) is 35.1. The van der Waals surface area contributed by atoms with Crippen molar-refractivity contribution in [3.05, 3.63) is 35.4 Å². The molecule has 1 aromatic rings. The van der Waals surface area contributed by atoms with Gasteiger partial charge in [-0.25, -0.2) is 0 Å². The summed E-state index contributed by atoms with van der Waals surface area (Å²) in [5.41, 5.74) is 1.72. The summed E-state index contributed by atoms with van der Waals surface area (Å²) in [7, 11) is 0. The van der Waals surface area contributed by atoms with Crippen LogP contribution in [0, 0.1) is 5.92 Å². The monoisotopic (exact) mass is 402 g/mol. The molecule has 3 atom stereocenters. The summed E-state index contributed by atoms with van der Waals surface area (Å²) >= 11 is 0. The van der Waals surface area contributed by atoms with Gasteiger partial charge >= 0.3 is 5.97 Å². The molecule has 1 saturated carbocycles. The van der Waals surface area contributed by atoms with Gasteiger partial charge in [0.1, 0.15) is 0 Å². The summed E-state index contributed by atoms with van der Waals surface area (Å²) in [6.45, 7) is 2.13. The molecule has 2 N–H and O–H groups in total. The van der Waals surface area contributed by atoms with Crippen molar-refractivity contribution in [1.29, 1.82) is 0 Å². The zero-order chi connectivity index (χ0) is 21.2. The van der Waals surface area contributed by atoms with Gasteiger partial charge in [-0.3, -0.25) is 14.4 Å². The summed E-state index contributed by atoms with van der Waals surface area (Å²) in [5, 5.41) is 19.0. The van der Waals surface area contributed by atoms with Crippen LogP contribution in [0.25, 0.3) is 0 Å². The van der Waals surface area contributed by atoms with Crippen molar-refractivity contribution < 1.29 is 24.6 Å². The number of hydrogen-bond acceptors (Lipinski definition) is 4. The quantitative estimate of drug-likeness (QED) is 0.359. The zero-order valence-corrected chi connectivity index (χ0v) is 17.4. The summed E-state index contributed by atoms with van der Waals surface area (Å²) in [6.07, 6.45) is 8.10. The number of carboxylic acid groups (broad SMARTS) is 1. The molecule has 160 valence electrons. The van der Waals surface area contributed by atoms with Crippen molar-refractivity contribution >= 4 is 17.5 Å². The van der Waals surface area contributed by atoms with E-state index in [9.17, 15) is 19.5 Å². The third kappa shape index (κ3) is 7.07. The maximum Gasteiger partial charge on any atom is 0.303 e. The number of hydrogen-bond donors (Lipinski definition) is 2. The van der Waals surface area contributed by atoms with E-state index in [1.54, 1.807) is 0 Å². The molecule has 0 amide bonds. The number of carboxylic acids is 1. The predicted octanol–water partition coefficient (Wildman–Crippen LogP) is 4.97. The number of Topliss-reactive ketones (excluding diaryl/α,β-unsaturated/α-hetero) is 2. The van der Waals surface area contributed by atoms with E-state index >= 15 is 0 Å². The van der Waals surface area contributed by atoms with E-state index in [4.69, 9.17) is 5.11 Å². The average Bonchev–Trinajstić information content (AvgIpc) is 2.98. The molecule has 5 heteroatoms. The molecule has 0 radical (unpaired) electrons. The van der Waals surface area contributed by atoms with E-state index in [-0.39, 0.29) is 29.8 Å². The number of aliphatic carboxylic acids is 1. The Morgan fingerprint density at radius 1 is 1.03 bits per heavy atom. The molecular formula is C24H34O5. The largest absolute Gasteiger partial charge is 0.481 e. The Hall–Kier alpha value is -2.01. The fourth-order valence-corrected chi connectivity index (χ4v) is 4.25. The van der Waals surface area contributed by atoms with Crippen LogP contribution >= 0.6 is 0 Å². The predicted molar refractivity (Wildman–Crippen MR) is 112 cm³/mol. The van der Waals surface area contributed by atoms with Gasteiger partial charge in [0, 0.05) is 12.8 Å². The fraction of sp³-hybridized carbons (Fsp3) is 0.625. The van der Waals surface area contributed by atoms with Crippen LogP contribution < -0.4 is 0 Å². The molecular weight excluding hydrogens is 368 g/mol. The lowest BCUT2D eigenvalue weighted by Gasteiger charge is -2.19. The van der Waals surface area contributed by atoms with Crippen molar-refractivity contribution in [3.63, 3.8) is 0 Å². The van der Waals surface area contributed by atoms with Gasteiger partial charge < -0.3 is 10.2 Å². The highest BCUT2D eigenvalue weighted by molar-refractivity contribution is 6.41. The van der Waals surface area contributed by atoms with Crippen molar-refractivity contribution in [3.8, 4) is 0 Å². The first-order valence-electron chi connectivity index (χ1n) is 11.0. The Balaban J connectivity index is 1.92. The van der Waals surface area contributed by atoms with Gasteiger partial charge in [0.25, 0.3) is 0 Å². The number of benzene rings is 1. The molecule has 2 unspecified atom stereocenters. The second-order valence-corrected chi connectivity index (χ2v) is 8.25. The van der Waals surface area contributed by atoms with Gasteiger partial charge in [0.15, 0.2) is 5.78 Å². The minimum Gasteiger partial charge on any atom is -0.481 e. The first kappa shape index (κ1) is 23.3. The standard InChI is InChI=1S/C24H34O5/c1-2-3-6-10-20(25)17-12-14-18(15-13-17)23-19(16-21(26)24(23)29)9-7-4-5-8-11-22(27)28/h12-15,19-20,23,25H,2-11,16H2,1H3,(H,27,28)/t19-,20?,23?/m0/s1. The molecule has 1 aromatic carbocycles. The number of aliphatic hydroxyl groups excluding tert-OH is 1. The number of unbranched alkanes of at least 4 members (excludes halogenated alkanes) is 5. The molecule has 2 rings (SSSR count). The molecule has 0 aromatic heterocycles. The highest BCUT2D eigenvalue weighted by Crippen LogP contribution is 2.39. The maximum absolute atomic E-state index is 12.5. The Morgan fingerprint density at radius 2 is 1.72 bits per heavy atom. The van der Waals surface area contributed by atoms with E-state index < -0.39 is 12.1 Å². The maximum atomic E-state index is 12.5. The summed E-state index contributed by atoms with van der Waals surface area (Å²) < 4.78 is 0. The number of ketones is 2. The zero-order valence-electron chi connectivity index (χ0n) is 17.4. The molecule has 0 spiro atoms. The van der Waals surface area contributed by atoms with Crippen molar-refractivity contribution in [2.24, 2.45) is 5.92 Å². The molecule has 29 heavy (non-hydrogen) atoms. The van der Waals surface area contributed by atoms with E-state index in [1.807, 2.05) is 24.3 Å². The van der Waals surface area contributed by atoms with Crippen molar-refractivity contribution in [2.45, 2.75) is 89.6 Å². The van der Waals surface area contributed by atoms with Crippen LogP contribution in [0.3, 0.4) is 0 Å². The highest BCUT2D eigenvalue weighted by atomic mass is 16.4. The van der Waals surface area contributed by atoms with Gasteiger partial charge in [0.05, 0.1) is 12.0 Å². The van der Waals surface area contributed by atoms with E-state index in [0.717, 1.165) is 62.5 Å². The van der Waals surface area contributed by atoms with Crippen LogP contribution in [0.1, 0.15) is 101 Å². The Bertz CT molecular complexity index is 679. The first-order chi connectivity index (χ1) is 13.9. The van der Waals surface area contributed by atoms with E-state index in [2.05, 4.69) is 6.92 Å². The van der Waals surface area contributed by atoms with Gasteiger partial charge in [-0.1, -0.05) is 69.7 Å². The summed E-state index contributed by atoms with van der Waals surface area (Å²) in [6, 6.07) is 7.54. The third-order valence-electron chi connectivity index (χ3n) is 5.95. The van der Waals surface area contributed by atoms with E-state index in [1.165, 1.54) is 0 Å². The summed E-state index contributed by atoms with van der Waals surface area (Å²) in [5.74, 6) is -1.70. The van der Waals surface area contributed by atoms with Crippen molar-refractivity contribution in [1.82, 2.24) is 0 Å².